The highest BCUT2D eigenvalue weighted by atomic mass is 16.3. The summed E-state index contributed by atoms with van der Waals surface area (Å²) in [5.74, 6) is 0. The Bertz CT molecular complexity index is 335. The Kier molecular flexibility index (Phi) is 5.51. The summed E-state index contributed by atoms with van der Waals surface area (Å²) in [5.41, 5.74) is 1.01. The van der Waals surface area contributed by atoms with E-state index in [1.807, 2.05) is 30.3 Å². The molecule has 1 aromatic carbocycles. The number of rotatable bonds is 6. The van der Waals surface area contributed by atoms with Crippen LogP contribution in [0.3, 0.4) is 0 Å². The number of nitrogens with one attached hydrogen (secondary N) is 1. The van der Waals surface area contributed by atoms with E-state index in [1.165, 1.54) is 0 Å². The Balaban J connectivity index is 2.58. The summed E-state index contributed by atoms with van der Waals surface area (Å²) in [5, 5.41) is 29.7. The Hall–Kier alpha value is -1.41. The van der Waals surface area contributed by atoms with E-state index >= 15 is 0 Å². The maximum Gasteiger partial charge on any atom is 0.0895 e. The molecule has 0 radical (unpaired) electrons. The van der Waals surface area contributed by atoms with Gasteiger partial charge in [0.1, 0.15) is 0 Å². The molecule has 4 heteroatoms. The Morgan fingerprint density at radius 2 is 2.00 bits per heavy atom. The van der Waals surface area contributed by atoms with E-state index in [1.54, 1.807) is 0 Å². The average Bonchev–Trinajstić information content (AvgIpc) is 2.35. The van der Waals surface area contributed by atoms with Crippen molar-refractivity contribution in [2.24, 2.45) is 0 Å². The summed E-state index contributed by atoms with van der Waals surface area (Å²) in [6.45, 7) is -0.00119. The Morgan fingerprint density at radius 1 is 1.31 bits per heavy atom. The summed E-state index contributed by atoms with van der Waals surface area (Å²) >= 11 is 0. The standard InChI is InChI=1S/C12H16N2O2/c13-7-6-12(14-8-11(16)9-15)10-4-2-1-3-5-10/h1-5,11-12,14-16H,6,8-9H2. The van der Waals surface area contributed by atoms with Crippen LogP contribution in [0.25, 0.3) is 0 Å². The van der Waals surface area contributed by atoms with Gasteiger partial charge in [-0.05, 0) is 5.56 Å². The quantitative estimate of drug-likeness (QED) is 0.655. The molecule has 4 nitrogen and oxygen atoms in total. The molecule has 2 unspecified atom stereocenters. The van der Waals surface area contributed by atoms with Gasteiger partial charge in [-0.15, -0.1) is 0 Å². The predicted molar refractivity (Wildman–Crippen MR) is 60.5 cm³/mol. The van der Waals surface area contributed by atoms with Crippen LogP contribution in [0.1, 0.15) is 18.0 Å². The number of nitrogens with zero attached hydrogens (tertiary/aromatic N) is 1. The lowest BCUT2D eigenvalue weighted by Gasteiger charge is -2.18. The zero-order valence-corrected chi connectivity index (χ0v) is 9.00. The molecule has 0 amide bonds. The average molecular weight is 220 g/mol. The van der Waals surface area contributed by atoms with E-state index < -0.39 is 6.10 Å². The van der Waals surface area contributed by atoms with Crippen molar-refractivity contribution in [2.75, 3.05) is 13.2 Å². The van der Waals surface area contributed by atoms with Crippen molar-refractivity contribution in [3.05, 3.63) is 35.9 Å². The summed E-state index contributed by atoms with van der Waals surface area (Å²) in [7, 11) is 0. The molecular weight excluding hydrogens is 204 g/mol. The molecule has 0 aromatic heterocycles. The molecule has 0 spiro atoms. The van der Waals surface area contributed by atoms with Gasteiger partial charge in [-0.3, -0.25) is 0 Å². The van der Waals surface area contributed by atoms with Crippen LogP contribution in [0.4, 0.5) is 0 Å². The molecule has 86 valence electrons. The van der Waals surface area contributed by atoms with Crippen LogP contribution >= 0.6 is 0 Å². The number of aliphatic hydroxyl groups excluding tert-OH is 2. The monoisotopic (exact) mass is 220 g/mol. The highest BCUT2D eigenvalue weighted by molar-refractivity contribution is 5.19. The van der Waals surface area contributed by atoms with Gasteiger partial charge in [-0.25, -0.2) is 0 Å². The second kappa shape index (κ2) is 6.96. The molecule has 16 heavy (non-hydrogen) atoms. The van der Waals surface area contributed by atoms with Crippen molar-refractivity contribution in [1.82, 2.24) is 5.32 Å². The number of hydrogen-bond donors (Lipinski definition) is 3. The van der Waals surface area contributed by atoms with Gasteiger partial charge in [0, 0.05) is 12.6 Å². The highest BCUT2D eigenvalue weighted by Crippen LogP contribution is 2.15. The maximum absolute atomic E-state index is 9.23. The molecule has 0 fully saturated rings. The van der Waals surface area contributed by atoms with Gasteiger partial charge >= 0.3 is 0 Å². The fraction of sp³-hybridized carbons (Fsp3) is 0.417. The first-order valence-electron chi connectivity index (χ1n) is 5.22. The zero-order chi connectivity index (χ0) is 11.8. The Labute approximate surface area is 95.2 Å². The topological polar surface area (TPSA) is 76.3 Å². The minimum atomic E-state index is -0.787. The molecule has 1 rings (SSSR count). The predicted octanol–water partition coefficient (Wildman–Crippen LogP) is 0.584. The van der Waals surface area contributed by atoms with Crippen molar-refractivity contribution in [3.8, 4) is 6.07 Å². The van der Waals surface area contributed by atoms with Crippen molar-refractivity contribution >= 4 is 0 Å². The Morgan fingerprint density at radius 3 is 2.56 bits per heavy atom. The zero-order valence-electron chi connectivity index (χ0n) is 9.00. The van der Waals surface area contributed by atoms with Gasteiger partial charge in [0.15, 0.2) is 0 Å². The van der Waals surface area contributed by atoms with Gasteiger partial charge in [0.05, 0.1) is 25.2 Å². The molecule has 0 bridgehead atoms. The summed E-state index contributed by atoms with van der Waals surface area (Å²) in [6, 6.07) is 11.6. The smallest absolute Gasteiger partial charge is 0.0895 e. The highest BCUT2D eigenvalue weighted by Gasteiger charge is 2.11. The lowest BCUT2D eigenvalue weighted by molar-refractivity contribution is 0.0920. The van der Waals surface area contributed by atoms with Gasteiger partial charge < -0.3 is 15.5 Å². The first-order valence-corrected chi connectivity index (χ1v) is 5.22. The van der Waals surface area contributed by atoms with Crippen LogP contribution in [0.5, 0.6) is 0 Å². The molecule has 0 heterocycles. The van der Waals surface area contributed by atoms with E-state index in [9.17, 15) is 5.11 Å². The lowest BCUT2D eigenvalue weighted by Crippen LogP contribution is -2.32. The number of hydrogen-bond acceptors (Lipinski definition) is 4. The third kappa shape index (κ3) is 3.99. The molecule has 0 aliphatic carbocycles. The number of aliphatic hydroxyl groups is 2. The van der Waals surface area contributed by atoms with E-state index in [0.717, 1.165) is 5.56 Å². The molecule has 2 atom stereocenters. The minimum absolute atomic E-state index is 0.104. The maximum atomic E-state index is 9.23. The van der Waals surface area contributed by atoms with Crippen LogP contribution in [0.15, 0.2) is 30.3 Å². The fourth-order valence-electron chi connectivity index (χ4n) is 1.43. The van der Waals surface area contributed by atoms with Crippen molar-refractivity contribution in [3.63, 3.8) is 0 Å². The van der Waals surface area contributed by atoms with Crippen molar-refractivity contribution in [2.45, 2.75) is 18.6 Å². The van der Waals surface area contributed by atoms with E-state index in [0.29, 0.717) is 6.42 Å². The van der Waals surface area contributed by atoms with Gasteiger partial charge in [0.25, 0.3) is 0 Å². The molecule has 0 aliphatic heterocycles. The molecule has 3 N–H and O–H groups in total. The van der Waals surface area contributed by atoms with Crippen LogP contribution < -0.4 is 5.32 Å². The molecule has 0 saturated heterocycles. The number of nitriles is 1. The van der Waals surface area contributed by atoms with E-state index in [4.69, 9.17) is 10.4 Å². The molecular formula is C12H16N2O2. The van der Waals surface area contributed by atoms with Gasteiger partial charge in [-0.2, -0.15) is 5.26 Å². The summed E-state index contributed by atoms with van der Waals surface area (Å²) < 4.78 is 0. The molecule has 0 saturated carbocycles. The van der Waals surface area contributed by atoms with Crippen LogP contribution in [0, 0.1) is 11.3 Å². The van der Waals surface area contributed by atoms with Crippen LogP contribution in [0.2, 0.25) is 0 Å². The lowest BCUT2D eigenvalue weighted by atomic mass is 10.0. The third-order valence-corrected chi connectivity index (χ3v) is 2.31. The summed E-state index contributed by atoms with van der Waals surface area (Å²) in [6.07, 6.45) is -0.452. The van der Waals surface area contributed by atoms with Gasteiger partial charge in [0.2, 0.25) is 0 Å². The van der Waals surface area contributed by atoms with E-state index in [-0.39, 0.29) is 19.2 Å². The molecule has 1 aromatic rings. The summed E-state index contributed by atoms with van der Waals surface area (Å²) in [4.78, 5) is 0. The van der Waals surface area contributed by atoms with Crippen molar-refractivity contribution < 1.29 is 10.2 Å². The minimum Gasteiger partial charge on any atom is -0.394 e. The first kappa shape index (κ1) is 12.7. The third-order valence-electron chi connectivity index (χ3n) is 2.31. The largest absolute Gasteiger partial charge is 0.394 e. The van der Waals surface area contributed by atoms with Crippen molar-refractivity contribution in [1.29, 1.82) is 5.26 Å². The van der Waals surface area contributed by atoms with E-state index in [2.05, 4.69) is 11.4 Å². The van der Waals surface area contributed by atoms with Gasteiger partial charge in [-0.1, -0.05) is 30.3 Å². The fourth-order valence-corrected chi connectivity index (χ4v) is 1.43. The van der Waals surface area contributed by atoms with Crippen LogP contribution in [-0.4, -0.2) is 29.5 Å². The second-order valence-corrected chi connectivity index (χ2v) is 3.57. The van der Waals surface area contributed by atoms with Crippen LogP contribution in [-0.2, 0) is 0 Å². The second-order valence-electron chi connectivity index (χ2n) is 3.57. The normalized spacial score (nSPS) is 14.1. The SMILES string of the molecule is N#CCC(NCC(O)CO)c1ccccc1. The molecule has 0 aliphatic rings. The number of benzene rings is 1. The first-order chi connectivity index (χ1) is 7.77.